The van der Waals surface area contributed by atoms with E-state index in [0.29, 0.717) is 23.5 Å². The average molecular weight is 249 g/mol. The number of H-pyrrole nitrogens is 1. The van der Waals surface area contributed by atoms with Crippen LogP contribution in [0.2, 0.25) is 0 Å². The molecule has 0 radical (unpaired) electrons. The van der Waals surface area contributed by atoms with E-state index in [1.807, 2.05) is 0 Å². The van der Waals surface area contributed by atoms with E-state index in [4.69, 9.17) is 10.3 Å². The monoisotopic (exact) mass is 249 g/mol. The summed E-state index contributed by atoms with van der Waals surface area (Å²) in [5.74, 6) is 2.45. The topological polar surface area (TPSA) is 93.6 Å². The van der Waals surface area contributed by atoms with Gasteiger partial charge < -0.3 is 15.2 Å². The molecule has 0 bridgehead atoms. The minimum atomic E-state index is 0.516. The van der Waals surface area contributed by atoms with Gasteiger partial charge in [-0.3, -0.25) is 0 Å². The molecule has 1 atom stereocenters. The lowest BCUT2D eigenvalue weighted by Crippen LogP contribution is -2.09. The van der Waals surface area contributed by atoms with Crippen LogP contribution in [0.4, 0.5) is 0 Å². The van der Waals surface area contributed by atoms with Crippen LogP contribution in [0.25, 0.3) is 11.6 Å². The molecule has 0 spiro atoms. The Kier molecular flexibility index (Phi) is 4.46. The summed E-state index contributed by atoms with van der Waals surface area (Å²) in [6, 6.07) is 0. The second-order valence-electron chi connectivity index (χ2n) is 4.34. The first-order valence-corrected chi connectivity index (χ1v) is 6.35. The summed E-state index contributed by atoms with van der Waals surface area (Å²) in [6.45, 7) is 2.92. The van der Waals surface area contributed by atoms with Gasteiger partial charge in [0.25, 0.3) is 0 Å². The van der Waals surface area contributed by atoms with Crippen LogP contribution in [0.15, 0.2) is 16.9 Å². The number of nitrogens with zero attached hydrogens (tertiary/aromatic N) is 3. The standard InChI is InChI=1S/C12H19N5O/c1-2-9(5-6-13)3-4-10-16-12(17-18-10)11-14-7-8-15-11/h7-9H,2-6,13H2,1H3,(H,14,15). The number of imidazole rings is 1. The Morgan fingerprint density at radius 3 is 3.00 bits per heavy atom. The number of aromatic amines is 1. The van der Waals surface area contributed by atoms with Gasteiger partial charge in [0.15, 0.2) is 5.82 Å². The van der Waals surface area contributed by atoms with Crippen LogP contribution < -0.4 is 5.73 Å². The Morgan fingerprint density at radius 1 is 1.44 bits per heavy atom. The van der Waals surface area contributed by atoms with Gasteiger partial charge >= 0.3 is 0 Å². The molecule has 0 fully saturated rings. The molecule has 0 aromatic carbocycles. The number of hydrogen-bond acceptors (Lipinski definition) is 5. The maximum atomic E-state index is 5.58. The van der Waals surface area contributed by atoms with E-state index in [1.165, 1.54) is 0 Å². The Hall–Kier alpha value is -1.69. The van der Waals surface area contributed by atoms with Crippen molar-refractivity contribution in [3.8, 4) is 11.6 Å². The lowest BCUT2D eigenvalue weighted by atomic mass is 9.97. The summed E-state index contributed by atoms with van der Waals surface area (Å²) in [6.07, 6.45) is 7.42. The first kappa shape index (κ1) is 12.8. The van der Waals surface area contributed by atoms with Crippen molar-refractivity contribution in [1.29, 1.82) is 0 Å². The van der Waals surface area contributed by atoms with E-state index in [0.717, 1.165) is 32.2 Å². The van der Waals surface area contributed by atoms with Gasteiger partial charge in [0.05, 0.1) is 0 Å². The van der Waals surface area contributed by atoms with Gasteiger partial charge in [-0.15, -0.1) is 0 Å². The Morgan fingerprint density at radius 2 is 2.33 bits per heavy atom. The number of nitrogens with one attached hydrogen (secondary N) is 1. The molecule has 2 rings (SSSR count). The zero-order valence-corrected chi connectivity index (χ0v) is 10.6. The van der Waals surface area contributed by atoms with Crippen molar-refractivity contribution in [2.45, 2.75) is 32.6 Å². The molecule has 0 aliphatic carbocycles. The van der Waals surface area contributed by atoms with Crippen LogP contribution in [0, 0.1) is 5.92 Å². The second kappa shape index (κ2) is 6.30. The molecule has 6 heteroatoms. The molecule has 1 unspecified atom stereocenters. The molecule has 2 aromatic heterocycles. The van der Waals surface area contributed by atoms with Crippen molar-refractivity contribution in [3.63, 3.8) is 0 Å². The smallest absolute Gasteiger partial charge is 0.238 e. The number of rotatable bonds is 7. The minimum Gasteiger partial charge on any atom is -0.342 e. The highest BCUT2D eigenvalue weighted by atomic mass is 16.5. The summed E-state index contributed by atoms with van der Waals surface area (Å²) in [4.78, 5) is 11.4. The van der Waals surface area contributed by atoms with Crippen molar-refractivity contribution < 1.29 is 4.52 Å². The molecule has 6 nitrogen and oxygen atoms in total. The fourth-order valence-electron chi connectivity index (χ4n) is 1.96. The minimum absolute atomic E-state index is 0.516. The Bertz CT molecular complexity index is 451. The lowest BCUT2D eigenvalue weighted by Gasteiger charge is -2.11. The first-order valence-electron chi connectivity index (χ1n) is 6.35. The zero-order chi connectivity index (χ0) is 12.8. The highest BCUT2D eigenvalue weighted by molar-refractivity contribution is 5.40. The Balaban J connectivity index is 1.91. The highest BCUT2D eigenvalue weighted by Gasteiger charge is 2.12. The maximum absolute atomic E-state index is 5.58. The summed E-state index contributed by atoms with van der Waals surface area (Å²) >= 11 is 0. The fourth-order valence-corrected chi connectivity index (χ4v) is 1.96. The third kappa shape index (κ3) is 3.16. The van der Waals surface area contributed by atoms with E-state index in [9.17, 15) is 0 Å². The Labute approximate surface area is 106 Å². The summed E-state index contributed by atoms with van der Waals surface area (Å²) < 4.78 is 5.21. The van der Waals surface area contributed by atoms with Crippen LogP contribution in [0.3, 0.4) is 0 Å². The summed E-state index contributed by atoms with van der Waals surface area (Å²) in [5, 5.41) is 3.90. The van der Waals surface area contributed by atoms with Gasteiger partial charge in [-0.2, -0.15) is 4.98 Å². The van der Waals surface area contributed by atoms with Crippen LogP contribution in [-0.2, 0) is 6.42 Å². The van der Waals surface area contributed by atoms with E-state index in [1.54, 1.807) is 12.4 Å². The molecule has 0 amide bonds. The van der Waals surface area contributed by atoms with Crippen molar-refractivity contribution >= 4 is 0 Å². The molecule has 98 valence electrons. The third-order valence-corrected chi connectivity index (χ3v) is 3.10. The third-order valence-electron chi connectivity index (χ3n) is 3.10. The molecule has 0 aliphatic heterocycles. The summed E-state index contributed by atoms with van der Waals surface area (Å²) in [7, 11) is 0. The molecular formula is C12H19N5O. The molecule has 2 aromatic rings. The van der Waals surface area contributed by atoms with Crippen molar-refractivity contribution in [2.75, 3.05) is 6.54 Å². The van der Waals surface area contributed by atoms with E-state index in [2.05, 4.69) is 27.0 Å². The van der Waals surface area contributed by atoms with Gasteiger partial charge in [-0.1, -0.05) is 18.5 Å². The normalized spacial score (nSPS) is 12.8. The largest absolute Gasteiger partial charge is 0.342 e. The average Bonchev–Trinajstić information content (AvgIpc) is 3.04. The van der Waals surface area contributed by atoms with Crippen molar-refractivity contribution in [1.82, 2.24) is 20.1 Å². The quantitative estimate of drug-likeness (QED) is 0.780. The van der Waals surface area contributed by atoms with Crippen molar-refractivity contribution in [2.24, 2.45) is 11.7 Å². The second-order valence-corrected chi connectivity index (χ2v) is 4.34. The SMILES string of the molecule is CCC(CCN)CCc1nc(-c2ncc[nH]2)no1. The molecule has 2 heterocycles. The number of nitrogens with two attached hydrogens (primary N) is 1. The predicted octanol–water partition coefficient (Wildman–Crippen LogP) is 1.77. The molecule has 0 saturated heterocycles. The molecule has 3 N–H and O–H groups in total. The van der Waals surface area contributed by atoms with Gasteiger partial charge in [0.1, 0.15) is 0 Å². The molecule has 0 saturated carbocycles. The van der Waals surface area contributed by atoms with E-state index in [-0.39, 0.29) is 0 Å². The molecular weight excluding hydrogens is 230 g/mol. The van der Waals surface area contributed by atoms with E-state index >= 15 is 0 Å². The maximum Gasteiger partial charge on any atom is 0.238 e. The lowest BCUT2D eigenvalue weighted by molar-refractivity contribution is 0.354. The van der Waals surface area contributed by atoms with Gasteiger partial charge in [-0.05, 0) is 25.3 Å². The fraction of sp³-hybridized carbons (Fsp3) is 0.583. The first-order chi connectivity index (χ1) is 8.83. The van der Waals surface area contributed by atoms with E-state index < -0.39 is 0 Å². The van der Waals surface area contributed by atoms with Crippen molar-refractivity contribution in [3.05, 3.63) is 18.3 Å². The van der Waals surface area contributed by atoms with Gasteiger partial charge in [-0.25, -0.2) is 4.98 Å². The number of hydrogen-bond donors (Lipinski definition) is 2. The van der Waals surface area contributed by atoms with Gasteiger partial charge in [0, 0.05) is 18.8 Å². The van der Waals surface area contributed by atoms with Gasteiger partial charge in [0.2, 0.25) is 11.7 Å². The zero-order valence-electron chi connectivity index (χ0n) is 10.6. The summed E-state index contributed by atoms with van der Waals surface area (Å²) in [5.41, 5.74) is 5.58. The number of aryl methyl sites for hydroxylation is 1. The van der Waals surface area contributed by atoms with Crippen LogP contribution in [-0.4, -0.2) is 26.7 Å². The molecule has 18 heavy (non-hydrogen) atoms. The molecule has 0 aliphatic rings. The van der Waals surface area contributed by atoms with Crippen LogP contribution in [0.5, 0.6) is 0 Å². The van der Waals surface area contributed by atoms with Crippen LogP contribution in [0.1, 0.15) is 32.1 Å². The van der Waals surface area contributed by atoms with Crippen LogP contribution >= 0.6 is 0 Å². The predicted molar refractivity (Wildman–Crippen MR) is 67.7 cm³/mol. The highest BCUT2D eigenvalue weighted by Crippen LogP contribution is 2.17. The number of aromatic nitrogens is 4.